The summed E-state index contributed by atoms with van der Waals surface area (Å²) in [7, 11) is 0. The van der Waals surface area contributed by atoms with Crippen LogP contribution in [0.15, 0.2) is 79.0 Å². The summed E-state index contributed by atoms with van der Waals surface area (Å²) in [6.45, 7) is 2.36. The standard InChI is InChI=1S/C22H22N2O/c25-22(24-15-13-20(17-24)19-10-5-2-6-11-19)21-12-7-14-23(21)16-18-8-3-1-4-9-18/h1-12,14,20H,13,15-17H2/t20-/m1/s1. The molecule has 0 N–H and O–H groups in total. The van der Waals surface area contributed by atoms with Crippen LogP contribution < -0.4 is 0 Å². The number of hydrogen-bond acceptors (Lipinski definition) is 1. The van der Waals surface area contributed by atoms with E-state index in [0.717, 1.165) is 31.7 Å². The maximum atomic E-state index is 13.0. The lowest BCUT2D eigenvalue weighted by Crippen LogP contribution is -2.30. The van der Waals surface area contributed by atoms with Gasteiger partial charge in [0.05, 0.1) is 0 Å². The van der Waals surface area contributed by atoms with Gasteiger partial charge in [0.1, 0.15) is 5.69 Å². The van der Waals surface area contributed by atoms with E-state index in [1.54, 1.807) is 0 Å². The average molecular weight is 330 g/mol. The number of likely N-dealkylation sites (tertiary alicyclic amines) is 1. The highest BCUT2D eigenvalue weighted by Crippen LogP contribution is 2.28. The molecule has 3 nitrogen and oxygen atoms in total. The third kappa shape index (κ3) is 3.36. The Kier molecular flexibility index (Phi) is 4.38. The van der Waals surface area contributed by atoms with Crippen molar-refractivity contribution >= 4 is 5.91 Å². The summed E-state index contributed by atoms with van der Waals surface area (Å²) >= 11 is 0. The maximum Gasteiger partial charge on any atom is 0.270 e. The van der Waals surface area contributed by atoms with Crippen molar-refractivity contribution in [1.82, 2.24) is 9.47 Å². The van der Waals surface area contributed by atoms with Crippen LogP contribution in [0, 0.1) is 0 Å². The molecule has 0 aliphatic carbocycles. The largest absolute Gasteiger partial charge is 0.339 e. The lowest BCUT2D eigenvalue weighted by molar-refractivity contribution is 0.0780. The molecule has 126 valence electrons. The average Bonchev–Trinajstić information content (AvgIpc) is 3.32. The number of aromatic nitrogens is 1. The van der Waals surface area contributed by atoms with E-state index in [1.807, 2.05) is 52.1 Å². The molecular weight excluding hydrogens is 308 g/mol. The fourth-order valence-corrected chi connectivity index (χ4v) is 3.63. The molecule has 2 aromatic carbocycles. The molecule has 1 aromatic heterocycles. The number of carbonyl (C=O) groups excluding carboxylic acids is 1. The highest BCUT2D eigenvalue weighted by molar-refractivity contribution is 5.93. The van der Waals surface area contributed by atoms with Gasteiger partial charge in [-0.1, -0.05) is 60.7 Å². The molecule has 0 saturated carbocycles. The molecule has 0 spiro atoms. The first kappa shape index (κ1) is 15.7. The zero-order valence-corrected chi connectivity index (χ0v) is 14.2. The van der Waals surface area contributed by atoms with Gasteiger partial charge in [0, 0.05) is 31.7 Å². The van der Waals surface area contributed by atoms with Crippen LogP contribution in [0.4, 0.5) is 0 Å². The Balaban J connectivity index is 1.48. The molecule has 1 aliphatic heterocycles. The zero-order chi connectivity index (χ0) is 17.1. The number of nitrogens with zero attached hydrogens (tertiary/aromatic N) is 2. The summed E-state index contributed by atoms with van der Waals surface area (Å²) in [5.41, 5.74) is 3.31. The van der Waals surface area contributed by atoms with Crippen molar-refractivity contribution in [3.8, 4) is 0 Å². The first-order valence-corrected chi connectivity index (χ1v) is 8.84. The van der Waals surface area contributed by atoms with E-state index in [0.29, 0.717) is 5.92 Å². The molecule has 25 heavy (non-hydrogen) atoms. The van der Waals surface area contributed by atoms with Crippen LogP contribution in [0.2, 0.25) is 0 Å². The molecule has 1 atom stereocenters. The lowest BCUT2D eigenvalue weighted by atomic mass is 9.99. The SMILES string of the molecule is O=C(c1cccn1Cc1ccccc1)N1CC[C@@H](c2ccccc2)C1. The third-order valence-electron chi connectivity index (χ3n) is 4.99. The van der Waals surface area contributed by atoms with E-state index in [-0.39, 0.29) is 5.91 Å². The number of amides is 1. The van der Waals surface area contributed by atoms with Gasteiger partial charge in [-0.25, -0.2) is 0 Å². The van der Waals surface area contributed by atoms with Crippen LogP contribution in [-0.2, 0) is 6.54 Å². The first-order valence-electron chi connectivity index (χ1n) is 8.84. The van der Waals surface area contributed by atoms with Crippen LogP contribution >= 0.6 is 0 Å². The first-order chi connectivity index (χ1) is 12.3. The number of benzene rings is 2. The molecule has 3 heteroatoms. The molecule has 1 saturated heterocycles. The summed E-state index contributed by atoms with van der Waals surface area (Å²) in [5, 5.41) is 0. The van der Waals surface area contributed by atoms with Gasteiger partial charge in [-0.05, 0) is 29.7 Å². The molecule has 0 bridgehead atoms. The lowest BCUT2D eigenvalue weighted by Gasteiger charge is -2.18. The van der Waals surface area contributed by atoms with E-state index in [1.165, 1.54) is 11.1 Å². The van der Waals surface area contributed by atoms with E-state index in [2.05, 4.69) is 36.4 Å². The van der Waals surface area contributed by atoms with Gasteiger partial charge in [0.15, 0.2) is 0 Å². The minimum absolute atomic E-state index is 0.138. The van der Waals surface area contributed by atoms with E-state index < -0.39 is 0 Å². The molecule has 3 aromatic rings. The van der Waals surface area contributed by atoms with Crippen LogP contribution in [0.1, 0.15) is 34.0 Å². The van der Waals surface area contributed by atoms with Crippen LogP contribution in [-0.4, -0.2) is 28.5 Å². The fraction of sp³-hybridized carbons (Fsp3) is 0.227. The molecule has 0 unspecified atom stereocenters. The van der Waals surface area contributed by atoms with Gasteiger partial charge in [0.2, 0.25) is 0 Å². The Morgan fingerprint density at radius 1 is 0.920 bits per heavy atom. The predicted octanol–water partition coefficient (Wildman–Crippen LogP) is 4.17. The minimum atomic E-state index is 0.138. The number of carbonyl (C=O) groups is 1. The Labute approximate surface area is 148 Å². The van der Waals surface area contributed by atoms with E-state index in [9.17, 15) is 4.79 Å². The maximum absolute atomic E-state index is 13.0. The minimum Gasteiger partial charge on any atom is -0.339 e. The smallest absolute Gasteiger partial charge is 0.270 e. The monoisotopic (exact) mass is 330 g/mol. The van der Waals surface area contributed by atoms with Crippen molar-refractivity contribution in [2.24, 2.45) is 0 Å². The molecule has 1 fully saturated rings. The summed E-state index contributed by atoms with van der Waals surface area (Å²) in [4.78, 5) is 15.0. The summed E-state index contributed by atoms with van der Waals surface area (Å²) < 4.78 is 2.05. The van der Waals surface area contributed by atoms with Crippen molar-refractivity contribution in [3.05, 3.63) is 95.8 Å². The van der Waals surface area contributed by atoms with Gasteiger partial charge < -0.3 is 9.47 Å². The normalized spacial score (nSPS) is 17.0. The van der Waals surface area contributed by atoms with E-state index >= 15 is 0 Å². The number of hydrogen-bond donors (Lipinski definition) is 0. The van der Waals surface area contributed by atoms with Gasteiger partial charge >= 0.3 is 0 Å². The Morgan fingerprint density at radius 3 is 2.40 bits per heavy atom. The van der Waals surface area contributed by atoms with Crippen molar-refractivity contribution in [2.45, 2.75) is 18.9 Å². The zero-order valence-electron chi connectivity index (χ0n) is 14.2. The van der Waals surface area contributed by atoms with Gasteiger partial charge in [-0.3, -0.25) is 4.79 Å². The topological polar surface area (TPSA) is 25.2 Å². The molecule has 4 rings (SSSR count). The second-order valence-corrected chi connectivity index (χ2v) is 6.65. The molecular formula is C22H22N2O. The van der Waals surface area contributed by atoms with Gasteiger partial charge in [0.25, 0.3) is 5.91 Å². The quantitative estimate of drug-likeness (QED) is 0.705. The van der Waals surface area contributed by atoms with Crippen molar-refractivity contribution in [3.63, 3.8) is 0 Å². The van der Waals surface area contributed by atoms with E-state index in [4.69, 9.17) is 0 Å². The van der Waals surface area contributed by atoms with Crippen LogP contribution in [0.25, 0.3) is 0 Å². The molecule has 2 heterocycles. The summed E-state index contributed by atoms with van der Waals surface area (Å²) in [6, 6.07) is 24.7. The summed E-state index contributed by atoms with van der Waals surface area (Å²) in [5.74, 6) is 0.585. The Bertz CT molecular complexity index is 839. The summed E-state index contributed by atoms with van der Waals surface area (Å²) in [6.07, 6.45) is 3.03. The Hall–Kier alpha value is -2.81. The van der Waals surface area contributed by atoms with Crippen LogP contribution in [0.5, 0.6) is 0 Å². The van der Waals surface area contributed by atoms with Crippen molar-refractivity contribution in [1.29, 1.82) is 0 Å². The highest BCUT2D eigenvalue weighted by Gasteiger charge is 2.29. The second-order valence-electron chi connectivity index (χ2n) is 6.65. The molecule has 0 radical (unpaired) electrons. The van der Waals surface area contributed by atoms with Gasteiger partial charge in [-0.15, -0.1) is 0 Å². The van der Waals surface area contributed by atoms with Crippen molar-refractivity contribution < 1.29 is 4.79 Å². The number of rotatable bonds is 4. The second kappa shape index (κ2) is 6.98. The van der Waals surface area contributed by atoms with Crippen molar-refractivity contribution in [2.75, 3.05) is 13.1 Å². The molecule has 1 amide bonds. The van der Waals surface area contributed by atoms with Gasteiger partial charge in [-0.2, -0.15) is 0 Å². The fourth-order valence-electron chi connectivity index (χ4n) is 3.63. The molecule has 1 aliphatic rings. The third-order valence-corrected chi connectivity index (χ3v) is 4.99. The Morgan fingerprint density at radius 2 is 1.64 bits per heavy atom. The van der Waals surface area contributed by atoms with Crippen LogP contribution in [0.3, 0.4) is 0 Å². The predicted molar refractivity (Wildman–Crippen MR) is 99.7 cm³/mol. The highest BCUT2D eigenvalue weighted by atomic mass is 16.2.